The lowest BCUT2D eigenvalue weighted by Gasteiger charge is -2.08. The second-order valence-corrected chi connectivity index (χ2v) is 5.15. The van der Waals surface area contributed by atoms with Crippen molar-refractivity contribution < 1.29 is 9.31 Å². The smallest absolute Gasteiger partial charge is 0.311 e. The van der Waals surface area contributed by atoms with Crippen molar-refractivity contribution in [3.05, 3.63) is 61.5 Å². The SMILES string of the molecule is O=[N+]([O-])c1ccc(Cl)nc1NCc1cc(Br)ccc1F. The quantitative estimate of drug-likeness (QED) is 0.505. The van der Waals surface area contributed by atoms with Crippen LogP contribution in [0.1, 0.15) is 5.56 Å². The predicted octanol–water partition coefficient (Wildman–Crippen LogP) is 4.16. The van der Waals surface area contributed by atoms with E-state index in [4.69, 9.17) is 11.6 Å². The fourth-order valence-electron chi connectivity index (χ4n) is 1.56. The number of nitrogens with one attached hydrogen (secondary N) is 1. The first-order chi connectivity index (χ1) is 9.47. The Bertz CT molecular complexity index is 669. The Balaban J connectivity index is 2.24. The maximum atomic E-state index is 13.6. The van der Waals surface area contributed by atoms with Crippen LogP contribution in [0.5, 0.6) is 0 Å². The third kappa shape index (κ3) is 3.43. The Labute approximate surface area is 127 Å². The average molecular weight is 361 g/mol. The van der Waals surface area contributed by atoms with E-state index in [0.717, 1.165) is 0 Å². The minimum absolute atomic E-state index is 0.00174. The average Bonchev–Trinajstić information content (AvgIpc) is 2.39. The first-order valence-corrected chi connectivity index (χ1v) is 6.63. The van der Waals surface area contributed by atoms with Crippen molar-refractivity contribution in [2.24, 2.45) is 0 Å². The lowest BCUT2D eigenvalue weighted by Crippen LogP contribution is -2.06. The number of anilines is 1. The molecule has 104 valence electrons. The third-order valence-corrected chi connectivity index (χ3v) is 3.19. The number of rotatable bonds is 4. The van der Waals surface area contributed by atoms with E-state index in [1.807, 2.05) is 0 Å². The van der Waals surface area contributed by atoms with E-state index in [2.05, 4.69) is 26.2 Å². The van der Waals surface area contributed by atoms with Gasteiger partial charge in [0.1, 0.15) is 11.0 Å². The van der Waals surface area contributed by atoms with Crippen molar-refractivity contribution in [2.75, 3.05) is 5.32 Å². The fourth-order valence-corrected chi connectivity index (χ4v) is 2.12. The Morgan fingerprint density at radius 1 is 1.40 bits per heavy atom. The van der Waals surface area contributed by atoms with Crippen LogP contribution in [0.3, 0.4) is 0 Å². The van der Waals surface area contributed by atoms with Crippen molar-refractivity contribution in [1.29, 1.82) is 0 Å². The molecule has 5 nitrogen and oxygen atoms in total. The van der Waals surface area contributed by atoms with Crippen molar-refractivity contribution in [3.8, 4) is 0 Å². The molecule has 0 amide bonds. The van der Waals surface area contributed by atoms with E-state index in [1.165, 1.54) is 18.2 Å². The van der Waals surface area contributed by atoms with Gasteiger partial charge in [0.25, 0.3) is 0 Å². The van der Waals surface area contributed by atoms with Gasteiger partial charge in [-0.2, -0.15) is 0 Å². The molecule has 0 radical (unpaired) electrons. The minimum Gasteiger partial charge on any atom is -0.360 e. The summed E-state index contributed by atoms with van der Waals surface area (Å²) in [5.74, 6) is -0.410. The van der Waals surface area contributed by atoms with Crippen LogP contribution in [0.25, 0.3) is 0 Å². The molecule has 0 saturated heterocycles. The van der Waals surface area contributed by atoms with Gasteiger partial charge >= 0.3 is 5.69 Å². The first-order valence-electron chi connectivity index (χ1n) is 5.46. The summed E-state index contributed by atoms with van der Waals surface area (Å²) in [6.07, 6.45) is 0. The van der Waals surface area contributed by atoms with Gasteiger partial charge < -0.3 is 5.32 Å². The summed E-state index contributed by atoms with van der Waals surface area (Å²) in [4.78, 5) is 14.1. The number of aromatic nitrogens is 1. The van der Waals surface area contributed by atoms with Crippen LogP contribution in [0.2, 0.25) is 5.15 Å². The molecule has 1 N–H and O–H groups in total. The highest BCUT2D eigenvalue weighted by Gasteiger charge is 2.16. The molecule has 0 fully saturated rings. The molecule has 1 heterocycles. The summed E-state index contributed by atoms with van der Waals surface area (Å²) in [7, 11) is 0. The number of pyridine rings is 1. The third-order valence-electron chi connectivity index (χ3n) is 2.49. The zero-order valence-electron chi connectivity index (χ0n) is 9.94. The molecule has 20 heavy (non-hydrogen) atoms. The van der Waals surface area contributed by atoms with E-state index < -0.39 is 10.7 Å². The van der Waals surface area contributed by atoms with Crippen LogP contribution < -0.4 is 5.32 Å². The van der Waals surface area contributed by atoms with E-state index in [9.17, 15) is 14.5 Å². The second kappa shape index (κ2) is 6.15. The highest BCUT2D eigenvalue weighted by molar-refractivity contribution is 9.10. The standard InChI is InChI=1S/C12H8BrClFN3O2/c13-8-1-2-9(15)7(5-8)6-16-12-10(18(19)20)3-4-11(14)17-12/h1-5H,6H2,(H,16,17). The van der Waals surface area contributed by atoms with Crippen molar-refractivity contribution in [3.63, 3.8) is 0 Å². The molecular formula is C12H8BrClFN3O2. The second-order valence-electron chi connectivity index (χ2n) is 3.85. The topological polar surface area (TPSA) is 68.1 Å². The fraction of sp³-hybridized carbons (Fsp3) is 0.0833. The monoisotopic (exact) mass is 359 g/mol. The lowest BCUT2D eigenvalue weighted by molar-refractivity contribution is -0.384. The molecule has 0 spiro atoms. The molecule has 2 rings (SSSR count). The lowest BCUT2D eigenvalue weighted by atomic mass is 10.2. The van der Waals surface area contributed by atoms with Crippen LogP contribution in [0.15, 0.2) is 34.8 Å². The number of nitro groups is 1. The summed E-state index contributed by atoms with van der Waals surface area (Å²) in [6, 6.07) is 7.03. The van der Waals surface area contributed by atoms with Crippen molar-refractivity contribution in [2.45, 2.75) is 6.54 Å². The van der Waals surface area contributed by atoms with Crippen LogP contribution in [0.4, 0.5) is 15.9 Å². The summed E-state index contributed by atoms with van der Waals surface area (Å²) in [5.41, 5.74) is 0.139. The van der Waals surface area contributed by atoms with Gasteiger partial charge in [0.2, 0.25) is 5.82 Å². The Morgan fingerprint density at radius 2 is 2.15 bits per heavy atom. The normalized spacial score (nSPS) is 10.3. The van der Waals surface area contributed by atoms with Gasteiger partial charge in [-0.3, -0.25) is 10.1 Å². The molecule has 0 unspecified atom stereocenters. The number of hydrogen-bond acceptors (Lipinski definition) is 4. The van der Waals surface area contributed by atoms with Crippen LogP contribution >= 0.6 is 27.5 Å². The molecule has 0 saturated carbocycles. The molecule has 0 atom stereocenters. The number of benzene rings is 1. The Kier molecular flexibility index (Phi) is 4.51. The van der Waals surface area contributed by atoms with Crippen molar-refractivity contribution >= 4 is 39.0 Å². The van der Waals surface area contributed by atoms with E-state index in [0.29, 0.717) is 10.0 Å². The molecule has 0 aliphatic heterocycles. The van der Waals surface area contributed by atoms with Crippen LogP contribution in [-0.4, -0.2) is 9.91 Å². The molecule has 0 aliphatic carbocycles. The summed E-state index contributed by atoms with van der Waals surface area (Å²) >= 11 is 8.94. The Morgan fingerprint density at radius 3 is 2.85 bits per heavy atom. The van der Waals surface area contributed by atoms with Gasteiger partial charge in [-0.1, -0.05) is 27.5 Å². The van der Waals surface area contributed by atoms with Gasteiger partial charge in [-0.15, -0.1) is 0 Å². The maximum Gasteiger partial charge on any atom is 0.311 e. The molecule has 1 aromatic heterocycles. The zero-order chi connectivity index (χ0) is 14.7. The summed E-state index contributed by atoms with van der Waals surface area (Å²) < 4.78 is 14.3. The molecule has 8 heteroatoms. The number of halogens is 3. The highest BCUT2D eigenvalue weighted by Crippen LogP contribution is 2.25. The largest absolute Gasteiger partial charge is 0.360 e. The summed E-state index contributed by atoms with van der Waals surface area (Å²) in [6.45, 7) is 0.0550. The highest BCUT2D eigenvalue weighted by atomic mass is 79.9. The number of nitrogens with zero attached hydrogens (tertiary/aromatic N) is 2. The molecule has 2 aromatic rings. The molecule has 1 aromatic carbocycles. The molecular weight excluding hydrogens is 353 g/mol. The minimum atomic E-state index is -0.580. The maximum absolute atomic E-state index is 13.6. The zero-order valence-corrected chi connectivity index (χ0v) is 12.3. The van der Waals surface area contributed by atoms with E-state index in [-0.39, 0.29) is 23.2 Å². The van der Waals surface area contributed by atoms with Gasteiger partial charge in [-0.25, -0.2) is 9.37 Å². The Hall–Kier alpha value is -1.73. The predicted molar refractivity (Wildman–Crippen MR) is 77.3 cm³/mol. The van der Waals surface area contributed by atoms with Gasteiger partial charge in [0, 0.05) is 22.6 Å². The summed E-state index contributed by atoms with van der Waals surface area (Å²) in [5, 5.41) is 13.7. The van der Waals surface area contributed by atoms with Gasteiger partial charge in [0.05, 0.1) is 4.92 Å². The first kappa shape index (κ1) is 14.7. The van der Waals surface area contributed by atoms with Crippen molar-refractivity contribution in [1.82, 2.24) is 4.98 Å². The molecule has 0 aliphatic rings. The van der Waals surface area contributed by atoms with Gasteiger partial charge in [-0.05, 0) is 24.3 Å². The van der Waals surface area contributed by atoms with Gasteiger partial charge in [0.15, 0.2) is 0 Å². The van der Waals surface area contributed by atoms with E-state index >= 15 is 0 Å². The van der Waals surface area contributed by atoms with Crippen LogP contribution in [-0.2, 0) is 6.54 Å². The number of hydrogen-bond donors (Lipinski definition) is 1. The van der Waals surface area contributed by atoms with Crippen LogP contribution in [0, 0.1) is 15.9 Å². The molecule has 0 bridgehead atoms. The van der Waals surface area contributed by atoms with E-state index in [1.54, 1.807) is 12.1 Å².